The zero-order chi connectivity index (χ0) is 37.2. The van der Waals surface area contributed by atoms with Crippen molar-refractivity contribution >= 4 is 17.9 Å². The Hall–Kier alpha value is -3.61. The number of nitrogens with zero attached hydrogens (tertiary/aromatic N) is 2. The number of hydrogen-bond donors (Lipinski definition) is 3. The zero-order valence-electron chi connectivity index (χ0n) is 31.3. The molecule has 12 nitrogen and oxygen atoms in total. The number of unbranched alkanes of at least 4 members (excludes halogenated alkanes) is 2. The minimum absolute atomic E-state index is 0.0411. The quantitative estimate of drug-likeness (QED) is 0.0911. The first kappa shape index (κ1) is 40.2. The summed E-state index contributed by atoms with van der Waals surface area (Å²) in [4.78, 5) is 34.0. The van der Waals surface area contributed by atoms with Crippen molar-refractivity contribution in [3.8, 4) is 11.5 Å². The average Bonchev–Trinajstić information content (AvgIpc) is 3.10. The average molecular weight is 714 g/mol. The van der Waals surface area contributed by atoms with Gasteiger partial charge in [0.15, 0.2) is 0 Å². The number of hydrogen-bond acceptors (Lipinski definition) is 10. The van der Waals surface area contributed by atoms with E-state index in [4.69, 9.17) is 28.9 Å². The van der Waals surface area contributed by atoms with Crippen LogP contribution < -0.4 is 14.8 Å². The molecule has 3 aliphatic rings. The first-order valence-corrected chi connectivity index (χ1v) is 18.5. The van der Waals surface area contributed by atoms with E-state index in [1.165, 1.54) is 7.11 Å². The normalized spacial score (nSPS) is 25.8. The number of benzene rings is 1. The lowest BCUT2D eigenvalue weighted by Crippen LogP contribution is -2.70. The molecule has 0 spiro atoms. The standard InChI is InChI=1S/C39H59N3O9/c1-8-19-42(37(46)47-7)33-25-31(41-51-38(4,5)6)29-23-26(15-11-13-20-43)28(16-12-14-21-44)34-30-24-27(49-36(45)40-10-3)17-18-32(30)50-39(33,35(29)34)48-22-9-2/h9,17-18,23-24,26,28,33-35,43-44H,2,8,10-16,19-22,25H2,1,3-7H3,(H,40,45)/t26-,28+,33-,34+,35+,39+/m0/s1. The first-order valence-electron chi connectivity index (χ1n) is 18.5. The number of rotatable bonds is 17. The molecule has 1 aromatic carbocycles. The number of carbonyl (C=O) groups is 2. The van der Waals surface area contributed by atoms with Gasteiger partial charge in [-0.2, -0.15) is 0 Å². The van der Waals surface area contributed by atoms with Gasteiger partial charge in [0.1, 0.15) is 23.1 Å². The summed E-state index contributed by atoms with van der Waals surface area (Å²) in [5.41, 5.74) is 1.92. The van der Waals surface area contributed by atoms with E-state index >= 15 is 0 Å². The number of nitrogens with one attached hydrogen (secondary N) is 1. The van der Waals surface area contributed by atoms with Crippen molar-refractivity contribution in [1.82, 2.24) is 10.2 Å². The second-order valence-corrected chi connectivity index (χ2v) is 14.6. The third-order valence-corrected chi connectivity index (χ3v) is 9.86. The third-order valence-electron chi connectivity index (χ3n) is 9.86. The molecule has 1 saturated carbocycles. The van der Waals surface area contributed by atoms with Gasteiger partial charge in [-0.1, -0.05) is 37.1 Å². The molecule has 6 atom stereocenters. The molecule has 0 bridgehead atoms. The number of methoxy groups -OCH3 is 1. The van der Waals surface area contributed by atoms with Crippen molar-refractivity contribution in [3.05, 3.63) is 48.1 Å². The number of ether oxygens (including phenoxy) is 4. The van der Waals surface area contributed by atoms with Crippen LogP contribution in [-0.2, 0) is 14.3 Å². The summed E-state index contributed by atoms with van der Waals surface area (Å²) in [6, 6.07) is 4.74. The maximum Gasteiger partial charge on any atom is 0.412 e. The summed E-state index contributed by atoms with van der Waals surface area (Å²) in [7, 11) is 1.37. The minimum Gasteiger partial charge on any atom is -0.459 e. The fraction of sp³-hybridized carbons (Fsp3) is 0.667. The topological polar surface area (TPSA) is 148 Å². The predicted molar refractivity (Wildman–Crippen MR) is 195 cm³/mol. The molecule has 1 aromatic rings. The van der Waals surface area contributed by atoms with Crippen molar-refractivity contribution in [2.45, 2.75) is 109 Å². The van der Waals surface area contributed by atoms with Gasteiger partial charge in [0.2, 0.25) is 5.79 Å². The molecular weight excluding hydrogens is 654 g/mol. The van der Waals surface area contributed by atoms with Gasteiger partial charge in [-0.25, -0.2) is 9.59 Å². The molecule has 2 amide bonds. The molecule has 2 aliphatic carbocycles. The first-order chi connectivity index (χ1) is 24.5. The van der Waals surface area contributed by atoms with E-state index in [9.17, 15) is 19.8 Å². The van der Waals surface area contributed by atoms with Gasteiger partial charge in [-0.3, -0.25) is 4.90 Å². The maximum absolute atomic E-state index is 13.6. The van der Waals surface area contributed by atoms with E-state index < -0.39 is 35.5 Å². The molecule has 4 rings (SSSR count). The minimum atomic E-state index is -1.38. The lowest BCUT2D eigenvalue weighted by molar-refractivity contribution is -0.255. The van der Waals surface area contributed by atoms with E-state index in [1.807, 2.05) is 46.8 Å². The van der Waals surface area contributed by atoms with Crippen LogP contribution in [0.1, 0.15) is 97.5 Å². The van der Waals surface area contributed by atoms with Gasteiger partial charge in [0.05, 0.1) is 25.3 Å². The lowest BCUT2D eigenvalue weighted by atomic mass is 9.55. The number of allylic oxidation sites excluding steroid dienone is 1. The van der Waals surface area contributed by atoms with E-state index in [1.54, 1.807) is 17.0 Å². The van der Waals surface area contributed by atoms with Crippen LogP contribution in [0.2, 0.25) is 0 Å². The Balaban J connectivity index is 2.06. The van der Waals surface area contributed by atoms with Crippen LogP contribution in [0.15, 0.2) is 47.7 Å². The van der Waals surface area contributed by atoms with E-state index in [0.717, 1.165) is 36.8 Å². The molecule has 1 aliphatic heterocycles. The molecule has 51 heavy (non-hydrogen) atoms. The largest absolute Gasteiger partial charge is 0.459 e. The number of fused-ring (bicyclic) bond motifs is 2. The van der Waals surface area contributed by atoms with Crippen molar-refractivity contribution in [2.24, 2.45) is 22.9 Å². The highest BCUT2D eigenvalue weighted by molar-refractivity contribution is 6.03. The Bertz CT molecular complexity index is 1410. The third kappa shape index (κ3) is 9.25. The summed E-state index contributed by atoms with van der Waals surface area (Å²) in [6.07, 6.45) is 8.42. The Morgan fingerprint density at radius 3 is 2.49 bits per heavy atom. The molecule has 3 N–H and O–H groups in total. The van der Waals surface area contributed by atoms with Gasteiger partial charge in [0.25, 0.3) is 0 Å². The maximum atomic E-state index is 13.6. The fourth-order valence-electron chi connectivity index (χ4n) is 7.92. The van der Waals surface area contributed by atoms with Crippen LogP contribution in [-0.4, -0.2) is 90.5 Å². The monoisotopic (exact) mass is 713 g/mol. The summed E-state index contributed by atoms with van der Waals surface area (Å²) in [5, 5.41) is 27.0. The molecule has 0 radical (unpaired) electrons. The Labute approximate surface area is 303 Å². The molecule has 0 saturated heterocycles. The van der Waals surface area contributed by atoms with Crippen LogP contribution in [0.3, 0.4) is 0 Å². The predicted octanol–water partition coefficient (Wildman–Crippen LogP) is 6.71. The smallest absolute Gasteiger partial charge is 0.412 e. The summed E-state index contributed by atoms with van der Waals surface area (Å²) >= 11 is 0. The molecule has 284 valence electrons. The number of amides is 2. The van der Waals surface area contributed by atoms with Crippen molar-refractivity contribution in [1.29, 1.82) is 0 Å². The van der Waals surface area contributed by atoms with Crippen molar-refractivity contribution in [2.75, 3.05) is 40.0 Å². The fourth-order valence-corrected chi connectivity index (χ4v) is 7.92. The van der Waals surface area contributed by atoms with E-state index in [0.29, 0.717) is 49.6 Å². The van der Waals surface area contributed by atoms with Gasteiger partial charge in [-0.05, 0) is 95.4 Å². The zero-order valence-corrected chi connectivity index (χ0v) is 31.3. The molecule has 12 heteroatoms. The van der Waals surface area contributed by atoms with Crippen LogP contribution in [0, 0.1) is 17.8 Å². The highest BCUT2D eigenvalue weighted by Gasteiger charge is 2.65. The lowest BCUT2D eigenvalue weighted by Gasteiger charge is -2.59. The molecular formula is C39H59N3O9. The number of carbonyl (C=O) groups excluding carboxylic acids is 2. The van der Waals surface area contributed by atoms with Crippen LogP contribution in [0.5, 0.6) is 11.5 Å². The second kappa shape index (κ2) is 18.2. The van der Waals surface area contributed by atoms with Gasteiger partial charge in [0, 0.05) is 44.2 Å². The number of oxime groups is 1. The van der Waals surface area contributed by atoms with Crippen LogP contribution >= 0.6 is 0 Å². The number of aliphatic hydroxyl groups is 2. The highest BCUT2D eigenvalue weighted by atomic mass is 16.7. The Kier molecular flexibility index (Phi) is 14.4. The van der Waals surface area contributed by atoms with Crippen LogP contribution in [0.25, 0.3) is 0 Å². The van der Waals surface area contributed by atoms with Gasteiger partial charge < -0.3 is 39.3 Å². The summed E-state index contributed by atoms with van der Waals surface area (Å²) in [5.74, 6) is -1.02. The van der Waals surface area contributed by atoms with Gasteiger partial charge >= 0.3 is 12.2 Å². The molecule has 0 unspecified atom stereocenters. The van der Waals surface area contributed by atoms with E-state index in [2.05, 4.69) is 18.0 Å². The Morgan fingerprint density at radius 1 is 1.14 bits per heavy atom. The Morgan fingerprint density at radius 2 is 1.86 bits per heavy atom. The van der Waals surface area contributed by atoms with Gasteiger partial charge in [-0.15, -0.1) is 6.58 Å². The SMILES string of the molecule is C=CCO[C@@]12Oc3ccc(OC(=O)NCC)cc3[C@H]3[C@H](CCCCO)[C@@H](CCCCO)C=C(C(=NOC(C)(C)C)C[C@@H]1N(CCC)C(=O)OC)[C@H]32. The second-order valence-electron chi connectivity index (χ2n) is 14.6. The molecule has 1 heterocycles. The summed E-state index contributed by atoms with van der Waals surface area (Å²) in [6.45, 7) is 14.8. The highest BCUT2D eigenvalue weighted by Crippen LogP contribution is 2.62. The van der Waals surface area contributed by atoms with E-state index in [-0.39, 0.29) is 44.0 Å². The van der Waals surface area contributed by atoms with Crippen molar-refractivity contribution < 1.29 is 43.6 Å². The van der Waals surface area contributed by atoms with Crippen molar-refractivity contribution in [3.63, 3.8) is 0 Å². The number of aliphatic hydroxyl groups excluding tert-OH is 2. The molecule has 1 fully saturated rings. The molecule has 0 aromatic heterocycles. The van der Waals surface area contributed by atoms with Crippen LogP contribution in [0.4, 0.5) is 9.59 Å². The summed E-state index contributed by atoms with van der Waals surface area (Å²) < 4.78 is 25.1.